The van der Waals surface area contributed by atoms with Gasteiger partial charge in [0.15, 0.2) is 0 Å². The minimum atomic E-state index is 0.218. The van der Waals surface area contributed by atoms with E-state index in [1.165, 1.54) is 11.1 Å². The zero-order chi connectivity index (χ0) is 10.8. The Kier molecular flexibility index (Phi) is 3.15. The van der Waals surface area contributed by atoms with Gasteiger partial charge in [-0.25, -0.2) is 0 Å². The maximum absolute atomic E-state index is 4.00. The Morgan fingerprint density at radius 1 is 1.36 bits per heavy atom. The molecule has 0 spiro atoms. The number of hydrogen-bond donors (Lipinski definition) is 0. The Balaban J connectivity index is 3.06. The summed E-state index contributed by atoms with van der Waals surface area (Å²) >= 11 is 0. The Labute approximate surface area is 87.7 Å². The van der Waals surface area contributed by atoms with Crippen LogP contribution >= 0.6 is 0 Å². The predicted octanol–water partition coefficient (Wildman–Crippen LogP) is 4.42. The molecule has 0 amide bonds. The van der Waals surface area contributed by atoms with Gasteiger partial charge in [-0.2, -0.15) is 0 Å². The normalized spacial score (nSPS) is 17.1. The second kappa shape index (κ2) is 4.00. The molecule has 76 valence electrons. The van der Waals surface area contributed by atoms with Crippen LogP contribution in [0.15, 0.2) is 47.6 Å². The molecule has 0 heteroatoms. The number of allylic oxidation sites excluding steroid dienone is 7. The molecule has 0 bridgehead atoms. The van der Waals surface area contributed by atoms with Crippen molar-refractivity contribution < 1.29 is 0 Å². The molecule has 0 nitrogen and oxygen atoms in total. The van der Waals surface area contributed by atoms with Crippen molar-refractivity contribution >= 4 is 0 Å². The van der Waals surface area contributed by atoms with Crippen LogP contribution in [0.3, 0.4) is 0 Å². The van der Waals surface area contributed by atoms with Crippen LogP contribution in [0.1, 0.15) is 34.1 Å². The summed E-state index contributed by atoms with van der Waals surface area (Å²) in [5, 5.41) is 0. The van der Waals surface area contributed by atoms with Crippen LogP contribution in [0, 0.1) is 5.41 Å². The van der Waals surface area contributed by atoms with Crippen molar-refractivity contribution in [3.8, 4) is 0 Å². The lowest BCUT2D eigenvalue weighted by Crippen LogP contribution is -2.07. The maximum Gasteiger partial charge on any atom is -0.0132 e. The number of rotatable bonds is 1. The Morgan fingerprint density at radius 3 is 2.50 bits per heavy atom. The predicted molar refractivity (Wildman–Crippen MR) is 64.2 cm³/mol. The molecule has 0 N–H and O–H groups in total. The minimum Gasteiger partial charge on any atom is -0.0955 e. The average Bonchev–Trinajstić information content (AvgIpc) is 2.26. The van der Waals surface area contributed by atoms with Gasteiger partial charge in [0, 0.05) is 0 Å². The highest BCUT2D eigenvalue weighted by Gasteiger charge is 2.15. The lowest BCUT2D eigenvalue weighted by atomic mass is 9.85. The van der Waals surface area contributed by atoms with Crippen molar-refractivity contribution in [3.63, 3.8) is 0 Å². The van der Waals surface area contributed by atoms with Gasteiger partial charge in [-0.15, -0.1) is 0 Å². The molecular weight excluding hydrogens is 168 g/mol. The molecule has 0 atom stereocenters. The molecule has 0 unspecified atom stereocenters. The van der Waals surface area contributed by atoms with Crippen LogP contribution in [0.5, 0.6) is 0 Å². The Hall–Kier alpha value is -1.04. The summed E-state index contributed by atoms with van der Waals surface area (Å²) < 4.78 is 0. The van der Waals surface area contributed by atoms with E-state index < -0.39 is 0 Å². The smallest absolute Gasteiger partial charge is 0.0132 e. The fourth-order valence-electron chi connectivity index (χ4n) is 1.43. The van der Waals surface area contributed by atoms with Gasteiger partial charge in [0.05, 0.1) is 0 Å². The van der Waals surface area contributed by atoms with E-state index in [9.17, 15) is 0 Å². The van der Waals surface area contributed by atoms with Crippen molar-refractivity contribution in [1.82, 2.24) is 0 Å². The maximum atomic E-state index is 4.00. The van der Waals surface area contributed by atoms with E-state index in [2.05, 4.69) is 58.6 Å². The van der Waals surface area contributed by atoms with Crippen LogP contribution < -0.4 is 0 Å². The highest BCUT2D eigenvalue weighted by atomic mass is 14.2. The largest absolute Gasteiger partial charge is 0.0955 e. The van der Waals surface area contributed by atoms with Crippen LogP contribution in [0.2, 0.25) is 0 Å². The van der Waals surface area contributed by atoms with Gasteiger partial charge in [0.25, 0.3) is 0 Å². The van der Waals surface area contributed by atoms with E-state index in [4.69, 9.17) is 0 Å². The third-order valence-electron chi connectivity index (χ3n) is 2.44. The summed E-state index contributed by atoms with van der Waals surface area (Å²) in [6.45, 7) is 12.8. The van der Waals surface area contributed by atoms with Gasteiger partial charge in [0.2, 0.25) is 0 Å². The van der Waals surface area contributed by atoms with Crippen molar-refractivity contribution in [1.29, 1.82) is 0 Å². The standard InChI is InChI=1S/C14H20/c1-11(2)12-8-6-7-9-13(10-12)14(3,4)5/h7-10H,1,6H2,2-5H3. The molecule has 0 fully saturated rings. The zero-order valence-corrected chi connectivity index (χ0v) is 9.72. The molecule has 0 saturated heterocycles. The number of hydrogen-bond acceptors (Lipinski definition) is 0. The van der Waals surface area contributed by atoms with Crippen LogP contribution in [-0.2, 0) is 0 Å². The summed E-state index contributed by atoms with van der Waals surface area (Å²) in [5.74, 6) is 0. The summed E-state index contributed by atoms with van der Waals surface area (Å²) in [6, 6.07) is 0. The van der Waals surface area contributed by atoms with Crippen molar-refractivity contribution in [2.45, 2.75) is 34.1 Å². The molecule has 1 rings (SSSR count). The second-order valence-corrected chi connectivity index (χ2v) is 4.93. The van der Waals surface area contributed by atoms with E-state index in [1.807, 2.05) is 0 Å². The van der Waals surface area contributed by atoms with Crippen molar-refractivity contribution in [3.05, 3.63) is 47.6 Å². The summed E-state index contributed by atoms with van der Waals surface area (Å²) in [6.07, 6.45) is 9.95. The van der Waals surface area contributed by atoms with E-state index >= 15 is 0 Å². The molecule has 0 heterocycles. The van der Waals surface area contributed by atoms with E-state index in [0.29, 0.717) is 0 Å². The van der Waals surface area contributed by atoms with Crippen LogP contribution in [0.4, 0.5) is 0 Å². The first-order valence-electron chi connectivity index (χ1n) is 5.16. The van der Waals surface area contributed by atoms with E-state index in [0.717, 1.165) is 12.0 Å². The first-order valence-corrected chi connectivity index (χ1v) is 5.16. The molecular formula is C14H20. The Bertz CT molecular complexity index is 316. The van der Waals surface area contributed by atoms with Gasteiger partial charge in [-0.3, -0.25) is 0 Å². The van der Waals surface area contributed by atoms with Crippen LogP contribution in [-0.4, -0.2) is 0 Å². The van der Waals surface area contributed by atoms with Crippen molar-refractivity contribution in [2.24, 2.45) is 5.41 Å². The van der Waals surface area contributed by atoms with Gasteiger partial charge < -0.3 is 0 Å². The topological polar surface area (TPSA) is 0 Å². The van der Waals surface area contributed by atoms with Gasteiger partial charge >= 0.3 is 0 Å². The lowest BCUT2D eigenvalue weighted by Gasteiger charge is -2.20. The molecule has 0 radical (unpaired) electrons. The van der Waals surface area contributed by atoms with Gasteiger partial charge in [-0.1, -0.05) is 57.2 Å². The SMILES string of the molecule is C=C(C)C1=CCC=CC(C(C)(C)C)=C1. The summed E-state index contributed by atoms with van der Waals surface area (Å²) in [5.41, 5.74) is 4.02. The monoisotopic (exact) mass is 188 g/mol. The third kappa shape index (κ3) is 2.73. The fourth-order valence-corrected chi connectivity index (χ4v) is 1.43. The molecule has 0 saturated carbocycles. The average molecular weight is 188 g/mol. The highest BCUT2D eigenvalue weighted by Crippen LogP contribution is 2.30. The summed E-state index contributed by atoms with van der Waals surface area (Å²) in [4.78, 5) is 0. The molecule has 1 aliphatic rings. The van der Waals surface area contributed by atoms with E-state index in [-0.39, 0.29) is 5.41 Å². The van der Waals surface area contributed by atoms with Gasteiger partial charge in [0.1, 0.15) is 0 Å². The quantitative estimate of drug-likeness (QED) is 0.571. The van der Waals surface area contributed by atoms with E-state index in [1.54, 1.807) is 0 Å². The third-order valence-corrected chi connectivity index (χ3v) is 2.44. The highest BCUT2D eigenvalue weighted by molar-refractivity contribution is 5.45. The molecule has 0 aromatic heterocycles. The molecule has 0 aromatic rings. The fraction of sp³-hybridized carbons (Fsp3) is 0.429. The first-order chi connectivity index (χ1) is 6.41. The van der Waals surface area contributed by atoms with Crippen molar-refractivity contribution in [2.75, 3.05) is 0 Å². The molecule has 1 aliphatic carbocycles. The van der Waals surface area contributed by atoms with Gasteiger partial charge in [-0.05, 0) is 29.9 Å². The lowest BCUT2D eigenvalue weighted by molar-refractivity contribution is 0.517. The molecule has 0 aliphatic heterocycles. The minimum absolute atomic E-state index is 0.218. The molecule has 0 aromatic carbocycles. The second-order valence-electron chi connectivity index (χ2n) is 4.93. The summed E-state index contributed by atoms with van der Waals surface area (Å²) in [7, 11) is 0. The molecule has 14 heavy (non-hydrogen) atoms. The zero-order valence-electron chi connectivity index (χ0n) is 9.72. The first kappa shape index (κ1) is 11.0. The Morgan fingerprint density at radius 2 is 2.00 bits per heavy atom. The van der Waals surface area contributed by atoms with Crippen LogP contribution in [0.25, 0.3) is 0 Å².